The number of aromatic nitrogens is 4. The first-order valence-corrected chi connectivity index (χ1v) is 6.69. The fourth-order valence-corrected chi connectivity index (χ4v) is 2.27. The molecule has 1 aliphatic rings. The Hall–Kier alpha value is -2.96. The van der Waals surface area contributed by atoms with Gasteiger partial charge in [-0.1, -0.05) is 17.3 Å². The molecule has 4 rings (SSSR count). The molecule has 3 heterocycles. The van der Waals surface area contributed by atoms with Gasteiger partial charge >= 0.3 is 0 Å². The lowest BCUT2D eigenvalue weighted by Crippen LogP contribution is -2.00. The van der Waals surface area contributed by atoms with E-state index in [9.17, 15) is 4.39 Å². The average molecular weight is 298 g/mol. The summed E-state index contributed by atoms with van der Waals surface area (Å²) in [4.78, 5) is 3.79. The molecular formula is C15H11FN4O2. The van der Waals surface area contributed by atoms with Gasteiger partial charge in [0, 0.05) is 0 Å². The zero-order chi connectivity index (χ0) is 14.9. The highest BCUT2D eigenvalue weighted by atomic mass is 19.1. The normalized spacial score (nSPS) is 12.6. The summed E-state index contributed by atoms with van der Waals surface area (Å²) in [6.45, 7) is 0.774. The van der Waals surface area contributed by atoms with Gasteiger partial charge in [0.1, 0.15) is 5.69 Å². The number of hydrogen-bond donors (Lipinski definition) is 0. The van der Waals surface area contributed by atoms with Crippen molar-refractivity contribution in [1.82, 2.24) is 20.0 Å². The van der Waals surface area contributed by atoms with Crippen molar-refractivity contribution >= 4 is 0 Å². The van der Waals surface area contributed by atoms with Crippen molar-refractivity contribution < 1.29 is 13.9 Å². The number of hydrogen-bond acceptors (Lipinski definition) is 5. The maximum atomic E-state index is 13.1. The lowest BCUT2D eigenvalue weighted by molar-refractivity contribution is 0.174. The second kappa shape index (κ2) is 5.10. The molecule has 0 aliphatic carbocycles. The Morgan fingerprint density at radius 3 is 2.91 bits per heavy atom. The Morgan fingerprint density at radius 2 is 2.00 bits per heavy atom. The highest BCUT2D eigenvalue weighted by Gasteiger charge is 2.14. The van der Waals surface area contributed by atoms with E-state index in [4.69, 9.17) is 9.47 Å². The lowest BCUT2D eigenvalue weighted by atomic mass is 10.2. The molecule has 0 fully saturated rings. The summed E-state index contributed by atoms with van der Waals surface area (Å²) in [5, 5.41) is 8.07. The minimum atomic E-state index is -0.539. The monoisotopic (exact) mass is 298 g/mol. The van der Waals surface area contributed by atoms with Crippen LogP contribution in [0.25, 0.3) is 11.4 Å². The van der Waals surface area contributed by atoms with Gasteiger partial charge in [0.2, 0.25) is 12.7 Å². The number of fused-ring (bicyclic) bond motifs is 1. The molecule has 2 aromatic heterocycles. The Labute approximate surface area is 125 Å². The fourth-order valence-electron chi connectivity index (χ4n) is 2.27. The summed E-state index contributed by atoms with van der Waals surface area (Å²) >= 11 is 0. The van der Waals surface area contributed by atoms with Gasteiger partial charge in [0.05, 0.1) is 18.4 Å². The molecule has 1 aromatic carbocycles. The molecule has 110 valence electrons. The summed E-state index contributed by atoms with van der Waals surface area (Å²) in [6, 6.07) is 10.3. The predicted octanol–water partition coefficient (Wildman–Crippen LogP) is 2.26. The van der Waals surface area contributed by atoms with Crippen molar-refractivity contribution in [2.24, 2.45) is 0 Å². The van der Waals surface area contributed by atoms with Crippen LogP contribution in [0.4, 0.5) is 4.39 Å². The molecule has 0 unspecified atom stereocenters. The lowest BCUT2D eigenvalue weighted by Gasteiger charge is -2.02. The molecule has 0 saturated carbocycles. The Morgan fingerprint density at radius 1 is 1.09 bits per heavy atom. The van der Waals surface area contributed by atoms with Crippen LogP contribution in [0.15, 0.2) is 42.6 Å². The molecule has 3 aromatic rings. The van der Waals surface area contributed by atoms with Crippen molar-refractivity contribution in [2.75, 3.05) is 6.79 Å². The van der Waals surface area contributed by atoms with Crippen LogP contribution in [-0.4, -0.2) is 26.8 Å². The maximum Gasteiger partial charge on any atom is 0.231 e. The third-order valence-corrected chi connectivity index (χ3v) is 3.30. The first-order valence-electron chi connectivity index (χ1n) is 6.69. The van der Waals surface area contributed by atoms with E-state index in [2.05, 4.69) is 15.3 Å². The summed E-state index contributed by atoms with van der Waals surface area (Å²) in [5.41, 5.74) is 1.99. The molecule has 0 spiro atoms. The Balaban J connectivity index is 1.57. The largest absolute Gasteiger partial charge is 0.454 e. The minimum absolute atomic E-state index is 0.248. The zero-order valence-corrected chi connectivity index (χ0v) is 11.4. The van der Waals surface area contributed by atoms with Crippen LogP contribution in [0.1, 0.15) is 5.56 Å². The number of benzene rings is 1. The summed E-state index contributed by atoms with van der Waals surface area (Å²) in [7, 11) is 0. The number of rotatable bonds is 3. The van der Waals surface area contributed by atoms with Crippen LogP contribution in [-0.2, 0) is 6.54 Å². The first kappa shape index (κ1) is 12.8. The second-order valence-electron chi connectivity index (χ2n) is 4.83. The molecule has 0 atom stereocenters. The van der Waals surface area contributed by atoms with Gasteiger partial charge in [-0.2, -0.15) is 4.39 Å². The van der Waals surface area contributed by atoms with Crippen molar-refractivity contribution in [3.63, 3.8) is 0 Å². The van der Waals surface area contributed by atoms with Crippen LogP contribution >= 0.6 is 0 Å². The summed E-state index contributed by atoms with van der Waals surface area (Å²) in [6.07, 6.45) is 1.73. The van der Waals surface area contributed by atoms with E-state index >= 15 is 0 Å². The highest BCUT2D eigenvalue weighted by Crippen LogP contribution is 2.32. The molecule has 0 bridgehead atoms. The van der Waals surface area contributed by atoms with Gasteiger partial charge in [-0.05, 0) is 29.8 Å². The smallest absolute Gasteiger partial charge is 0.231 e. The maximum absolute atomic E-state index is 13.1. The van der Waals surface area contributed by atoms with Crippen LogP contribution in [0.3, 0.4) is 0 Å². The van der Waals surface area contributed by atoms with E-state index in [-0.39, 0.29) is 6.79 Å². The molecule has 22 heavy (non-hydrogen) atoms. The third kappa shape index (κ3) is 2.37. The zero-order valence-electron chi connectivity index (χ0n) is 11.4. The van der Waals surface area contributed by atoms with E-state index in [1.54, 1.807) is 23.0 Å². The first-order chi connectivity index (χ1) is 10.8. The van der Waals surface area contributed by atoms with Gasteiger partial charge in [0.25, 0.3) is 0 Å². The van der Waals surface area contributed by atoms with E-state index in [1.165, 1.54) is 6.07 Å². The van der Waals surface area contributed by atoms with Crippen molar-refractivity contribution in [3.8, 4) is 22.9 Å². The van der Waals surface area contributed by atoms with E-state index < -0.39 is 5.95 Å². The van der Waals surface area contributed by atoms with Crippen LogP contribution < -0.4 is 9.47 Å². The predicted molar refractivity (Wildman–Crippen MR) is 74.9 cm³/mol. The fraction of sp³-hybridized carbons (Fsp3) is 0.133. The van der Waals surface area contributed by atoms with Gasteiger partial charge < -0.3 is 9.47 Å². The highest BCUT2D eigenvalue weighted by molar-refractivity contribution is 5.51. The van der Waals surface area contributed by atoms with Crippen LogP contribution in [0, 0.1) is 5.95 Å². The van der Waals surface area contributed by atoms with Crippen LogP contribution in [0.5, 0.6) is 11.5 Å². The van der Waals surface area contributed by atoms with E-state index in [0.717, 1.165) is 17.1 Å². The number of ether oxygens (including phenoxy) is 2. The molecule has 6 nitrogen and oxygen atoms in total. The number of pyridine rings is 1. The minimum Gasteiger partial charge on any atom is -0.454 e. The molecule has 7 heteroatoms. The molecule has 0 N–H and O–H groups in total. The molecule has 0 radical (unpaired) electrons. The number of halogens is 1. The Bertz CT molecular complexity index is 834. The molecular weight excluding hydrogens is 287 g/mol. The molecule has 0 amide bonds. The molecule has 0 saturated heterocycles. The second-order valence-corrected chi connectivity index (χ2v) is 4.83. The standard InChI is InChI=1S/C15H11FN4O2/c16-15-3-1-2-11(17-15)12-8-20(19-18-12)7-10-4-5-13-14(6-10)22-9-21-13/h1-6,8H,7,9H2. The van der Waals surface area contributed by atoms with Gasteiger partial charge in [0.15, 0.2) is 11.5 Å². The van der Waals surface area contributed by atoms with Gasteiger partial charge in [-0.25, -0.2) is 9.67 Å². The SMILES string of the molecule is Fc1cccc(-c2cn(Cc3ccc4c(c3)OCO4)nn2)n1. The van der Waals surface area contributed by atoms with Crippen LogP contribution in [0.2, 0.25) is 0 Å². The van der Waals surface area contributed by atoms with Gasteiger partial charge in [-0.3, -0.25) is 0 Å². The van der Waals surface area contributed by atoms with Crippen molar-refractivity contribution in [2.45, 2.75) is 6.54 Å². The van der Waals surface area contributed by atoms with Gasteiger partial charge in [-0.15, -0.1) is 5.10 Å². The van der Waals surface area contributed by atoms with E-state index in [0.29, 0.717) is 17.9 Å². The average Bonchev–Trinajstić information content (AvgIpc) is 3.16. The Kier molecular flexibility index (Phi) is 2.96. The molecule has 1 aliphatic heterocycles. The number of nitrogens with zero attached hydrogens (tertiary/aromatic N) is 4. The third-order valence-electron chi connectivity index (χ3n) is 3.30. The summed E-state index contributed by atoms with van der Waals surface area (Å²) in [5.74, 6) is 0.930. The quantitative estimate of drug-likeness (QED) is 0.694. The summed E-state index contributed by atoms with van der Waals surface area (Å²) < 4.78 is 25.4. The topological polar surface area (TPSA) is 62.1 Å². The van der Waals surface area contributed by atoms with E-state index in [1.807, 2.05) is 18.2 Å². The van der Waals surface area contributed by atoms with Crippen molar-refractivity contribution in [3.05, 3.63) is 54.1 Å². The van der Waals surface area contributed by atoms with Crippen molar-refractivity contribution in [1.29, 1.82) is 0 Å².